The average molecular weight is 346 g/mol. The molecule has 0 spiro atoms. The second-order valence-corrected chi connectivity index (χ2v) is 4.99. The Morgan fingerprint density at radius 2 is 1.30 bits per heavy atom. The second-order valence-electron chi connectivity index (χ2n) is 4.99. The molecule has 4 N–H and O–H groups in total. The van der Waals surface area contributed by atoms with Gasteiger partial charge in [0.25, 0.3) is 0 Å². The minimum Gasteiger partial charge on any atom is -0.330 e. The summed E-state index contributed by atoms with van der Waals surface area (Å²) in [6.45, 7) is 4.87. The van der Waals surface area contributed by atoms with Crippen molar-refractivity contribution in [2.45, 2.75) is 19.4 Å². The summed E-state index contributed by atoms with van der Waals surface area (Å²) in [5.74, 6) is 0. The molecule has 0 aromatic heterocycles. The fourth-order valence-electron chi connectivity index (χ4n) is 2.24. The van der Waals surface area contributed by atoms with E-state index in [0.29, 0.717) is 0 Å². The monoisotopic (exact) mass is 344 g/mol. The summed E-state index contributed by atoms with van der Waals surface area (Å²) in [7, 11) is 2.30. The van der Waals surface area contributed by atoms with Crippen LogP contribution in [0, 0.1) is 0 Å². The molecule has 0 fully saturated rings. The lowest BCUT2D eigenvalue weighted by molar-refractivity contribution is -0.922. The van der Waals surface area contributed by atoms with Gasteiger partial charge in [0.05, 0.1) is 20.1 Å². The zero-order valence-electron chi connectivity index (χ0n) is 12.2. The normalized spacial score (nSPS) is 9.95. The molecule has 0 saturated heterocycles. The summed E-state index contributed by atoms with van der Waals surface area (Å²) in [5, 5.41) is 0. The van der Waals surface area contributed by atoms with Crippen LogP contribution < -0.4 is 11.5 Å². The molecule has 1 aromatic rings. The van der Waals surface area contributed by atoms with Gasteiger partial charge in [-0.1, -0.05) is 30.3 Å². The van der Waals surface area contributed by atoms with Gasteiger partial charge in [0.1, 0.15) is 6.54 Å². The first-order chi connectivity index (χ1) is 8.20. The molecular weight excluding hydrogens is 317 g/mol. The first kappa shape index (κ1) is 25.0. The van der Waals surface area contributed by atoms with Crippen LogP contribution in [0.25, 0.3) is 0 Å². The Labute approximate surface area is 141 Å². The Balaban J connectivity index is -0.000000963. The van der Waals surface area contributed by atoms with Gasteiger partial charge in [-0.2, -0.15) is 0 Å². The maximum Gasteiger partial charge on any atom is 0.104 e. The number of halogens is 3. The second kappa shape index (κ2) is 13.9. The number of rotatable bonds is 8. The van der Waals surface area contributed by atoms with E-state index in [1.165, 1.54) is 5.56 Å². The van der Waals surface area contributed by atoms with E-state index in [2.05, 4.69) is 37.4 Å². The zero-order chi connectivity index (χ0) is 12.6. The van der Waals surface area contributed by atoms with Crippen LogP contribution in [0.4, 0.5) is 0 Å². The quantitative estimate of drug-likeness (QED) is 0.712. The van der Waals surface area contributed by atoms with E-state index in [0.717, 1.165) is 50.0 Å². The predicted octanol–water partition coefficient (Wildman–Crippen LogP) is 2.60. The van der Waals surface area contributed by atoms with Crippen LogP contribution in [0.15, 0.2) is 30.3 Å². The Bertz CT molecular complexity index is 302. The van der Waals surface area contributed by atoms with Crippen molar-refractivity contribution in [3.8, 4) is 0 Å². The summed E-state index contributed by atoms with van der Waals surface area (Å²) in [5.41, 5.74) is 12.6. The molecule has 0 heterocycles. The zero-order valence-corrected chi connectivity index (χ0v) is 14.6. The molecule has 0 aliphatic heterocycles. The standard InChI is InChI=1S/C14H26N3.3ClH/c1-17(11-5-9-15,12-6-10-16)13-14-7-3-2-4-8-14;;;/h2-4,7-8H,5-6,9-13,15-16H2,1H3;3*1H/q+1;;;. The third-order valence-corrected chi connectivity index (χ3v) is 3.21. The van der Waals surface area contributed by atoms with Crippen molar-refractivity contribution in [3.63, 3.8) is 0 Å². The Kier molecular flexibility index (Phi) is 17.4. The minimum atomic E-state index is 0. The molecular formula is C14H29Cl3N3+. The van der Waals surface area contributed by atoms with Gasteiger partial charge in [-0.15, -0.1) is 37.2 Å². The summed E-state index contributed by atoms with van der Waals surface area (Å²) in [6.07, 6.45) is 2.15. The van der Waals surface area contributed by atoms with Gasteiger partial charge in [-0.05, 0) is 13.1 Å². The van der Waals surface area contributed by atoms with Crippen LogP contribution >= 0.6 is 37.2 Å². The highest BCUT2D eigenvalue weighted by Gasteiger charge is 2.20. The molecule has 0 bridgehead atoms. The number of nitrogens with two attached hydrogens (primary N) is 2. The van der Waals surface area contributed by atoms with E-state index >= 15 is 0 Å². The molecule has 3 nitrogen and oxygen atoms in total. The predicted molar refractivity (Wildman–Crippen MR) is 95.2 cm³/mol. The van der Waals surface area contributed by atoms with Crippen LogP contribution in [0.2, 0.25) is 0 Å². The van der Waals surface area contributed by atoms with Crippen LogP contribution in [0.5, 0.6) is 0 Å². The largest absolute Gasteiger partial charge is 0.330 e. The van der Waals surface area contributed by atoms with E-state index in [-0.39, 0.29) is 37.2 Å². The Hall–Kier alpha value is -0.0300. The molecule has 120 valence electrons. The van der Waals surface area contributed by atoms with Gasteiger partial charge in [0.15, 0.2) is 0 Å². The maximum absolute atomic E-state index is 5.62. The summed E-state index contributed by atoms with van der Waals surface area (Å²) >= 11 is 0. The number of benzene rings is 1. The molecule has 0 radical (unpaired) electrons. The van der Waals surface area contributed by atoms with E-state index in [4.69, 9.17) is 11.5 Å². The maximum atomic E-state index is 5.62. The van der Waals surface area contributed by atoms with Gasteiger partial charge in [-0.25, -0.2) is 0 Å². The Morgan fingerprint density at radius 3 is 1.70 bits per heavy atom. The summed E-state index contributed by atoms with van der Waals surface area (Å²) in [6, 6.07) is 10.7. The smallest absolute Gasteiger partial charge is 0.104 e. The van der Waals surface area contributed by atoms with Gasteiger partial charge in [0.2, 0.25) is 0 Å². The molecule has 0 amide bonds. The molecule has 20 heavy (non-hydrogen) atoms. The Morgan fingerprint density at radius 1 is 0.850 bits per heavy atom. The number of hydrogen-bond donors (Lipinski definition) is 2. The third-order valence-electron chi connectivity index (χ3n) is 3.21. The van der Waals surface area contributed by atoms with Crippen molar-refractivity contribution in [1.82, 2.24) is 0 Å². The molecule has 0 aliphatic rings. The fourth-order valence-corrected chi connectivity index (χ4v) is 2.24. The van der Waals surface area contributed by atoms with Crippen LogP contribution in [0.1, 0.15) is 18.4 Å². The molecule has 0 unspecified atom stereocenters. The summed E-state index contributed by atoms with van der Waals surface area (Å²) < 4.78 is 1.04. The van der Waals surface area contributed by atoms with Crippen molar-refractivity contribution < 1.29 is 4.48 Å². The van der Waals surface area contributed by atoms with Crippen LogP contribution in [-0.4, -0.2) is 37.7 Å². The van der Waals surface area contributed by atoms with Crippen molar-refractivity contribution in [2.24, 2.45) is 11.5 Å². The van der Waals surface area contributed by atoms with Crippen LogP contribution in [0.3, 0.4) is 0 Å². The highest BCUT2D eigenvalue weighted by Crippen LogP contribution is 2.13. The average Bonchev–Trinajstić information content (AvgIpc) is 2.35. The molecule has 1 rings (SSSR count). The topological polar surface area (TPSA) is 52.0 Å². The lowest BCUT2D eigenvalue weighted by Crippen LogP contribution is -2.45. The number of hydrogen-bond acceptors (Lipinski definition) is 2. The van der Waals surface area contributed by atoms with Crippen molar-refractivity contribution in [1.29, 1.82) is 0 Å². The van der Waals surface area contributed by atoms with Gasteiger partial charge in [-0.3, -0.25) is 0 Å². The molecule has 6 heteroatoms. The highest BCUT2D eigenvalue weighted by atomic mass is 35.5. The molecule has 0 atom stereocenters. The number of nitrogens with zero attached hydrogens (tertiary/aromatic N) is 1. The lowest BCUT2D eigenvalue weighted by Gasteiger charge is -2.34. The fraction of sp³-hybridized carbons (Fsp3) is 0.571. The van der Waals surface area contributed by atoms with Gasteiger partial charge < -0.3 is 16.0 Å². The van der Waals surface area contributed by atoms with Gasteiger partial charge in [0, 0.05) is 18.4 Å². The first-order valence-electron chi connectivity index (χ1n) is 6.48. The molecule has 0 aliphatic carbocycles. The SMILES string of the molecule is C[N+](CCCN)(CCCN)Cc1ccccc1.Cl.Cl.Cl. The molecule has 1 aromatic carbocycles. The first-order valence-corrected chi connectivity index (χ1v) is 6.48. The van der Waals surface area contributed by atoms with E-state index < -0.39 is 0 Å². The van der Waals surface area contributed by atoms with Gasteiger partial charge >= 0.3 is 0 Å². The minimum absolute atomic E-state index is 0. The van der Waals surface area contributed by atoms with Crippen molar-refractivity contribution in [2.75, 3.05) is 33.2 Å². The van der Waals surface area contributed by atoms with Crippen molar-refractivity contribution >= 4 is 37.2 Å². The van der Waals surface area contributed by atoms with Crippen molar-refractivity contribution in [3.05, 3.63) is 35.9 Å². The van der Waals surface area contributed by atoms with Crippen LogP contribution in [-0.2, 0) is 6.54 Å². The highest BCUT2D eigenvalue weighted by molar-refractivity contribution is 5.86. The molecule has 0 saturated carbocycles. The number of quaternary nitrogens is 1. The van der Waals surface area contributed by atoms with E-state index in [1.54, 1.807) is 0 Å². The van der Waals surface area contributed by atoms with E-state index in [9.17, 15) is 0 Å². The van der Waals surface area contributed by atoms with E-state index in [1.807, 2.05) is 0 Å². The lowest BCUT2D eigenvalue weighted by atomic mass is 10.1. The third kappa shape index (κ3) is 9.81. The summed E-state index contributed by atoms with van der Waals surface area (Å²) in [4.78, 5) is 0.